The Labute approximate surface area is 132 Å². The fourth-order valence-corrected chi connectivity index (χ4v) is 4.26. The van der Waals surface area contributed by atoms with Gasteiger partial charge in [-0.05, 0) is 35.4 Å². The van der Waals surface area contributed by atoms with Crippen molar-refractivity contribution < 1.29 is 0 Å². The highest BCUT2D eigenvalue weighted by Crippen LogP contribution is 2.41. The molecule has 0 fully saturated rings. The molecule has 0 amide bonds. The van der Waals surface area contributed by atoms with Crippen molar-refractivity contribution in [3.05, 3.63) is 71.8 Å². The zero-order valence-corrected chi connectivity index (χ0v) is 12.7. The Bertz CT molecular complexity index is 1060. The lowest BCUT2D eigenvalue weighted by Gasteiger charge is -2.06. The van der Waals surface area contributed by atoms with Crippen LogP contribution in [0.25, 0.3) is 34.0 Å². The van der Waals surface area contributed by atoms with E-state index < -0.39 is 0 Å². The molecule has 1 nitrogen and oxygen atoms in total. The lowest BCUT2D eigenvalue weighted by atomic mass is 10.0. The van der Waals surface area contributed by atoms with E-state index in [1.807, 2.05) is 11.8 Å². The molecule has 1 aromatic heterocycles. The Morgan fingerprint density at radius 3 is 2.55 bits per heavy atom. The standard InChI is InChI=1S/C20H13NS/c1-4-8-18-13(5-1)9-10-15-19(22-18)12-11-17-20(15)14-6-2-3-7-16(14)21-17/h1-12,21H. The largest absolute Gasteiger partial charge is 0.354 e. The van der Waals surface area contributed by atoms with Gasteiger partial charge in [0.2, 0.25) is 0 Å². The van der Waals surface area contributed by atoms with Crippen LogP contribution in [0, 0.1) is 0 Å². The Hall–Kier alpha value is -2.45. The van der Waals surface area contributed by atoms with Gasteiger partial charge < -0.3 is 4.98 Å². The second-order valence-electron chi connectivity index (χ2n) is 5.54. The fourth-order valence-electron chi connectivity index (χ4n) is 3.21. The monoisotopic (exact) mass is 299 g/mol. The second kappa shape index (κ2) is 4.52. The van der Waals surface area contributed by atoms with E-state index in [-0.39, 0.29) is 0 Å². The first-order chi connectivity index (χ1) is 10.9. The number of para-hydroxylation sites is 1. The molecular formula is C20H13NS. The summed E-state index contributed by atoms with van der Waals surface area (Å²) in [5.41, 5.74) is 5.01. The Morgan fingerprint density at radius 1 is 0.682 bits per heavy atom. The molecule has 0 saturated heterocycles. The molecule has 0 radical (unpaired) electrons. The van der Waals surface area contributed by atoms with Gasteiger partial charge in [0.1, 0.15) is 0 Å². The van der Waals surface area contributed by atoms with Crippen LogP contribution in [0.15, 0.2) is 70.5 Å². The number of nitrogens with one attached hydrogen (secondary N) is 1. The molecule has 1 aliphatic heterocycles. The summed E-state index contributed by atoms with van der Waals surface area (Å²) in [5.74, 6) is 0. The Kier molecular flexibility index (Phi) is 2.49. The minimum Gasteiger partial charge on any atom is -0.354 e. The van der Waals surface area contributed by atoms with Crippen molar-refractivity contribution >= 4 is 45.7 Å². The van der Waals surface area contributed by atoms with Gasteiger partial charge in [-0.1, -0.05) is 60.3 Å². The summed E-state index contributed by atoms with van der Waals surface area (Å²) in [7, 11) is 0. The number of hydrogen-bond acceptors (Lipinski definition) is 1. The first-order valence-electron chi connectivity index (χ1n) is 7.38. The third kappa shape index (κ3) is 1.68. The second-order valence-corrected chi connectivity index (χ2v) is 6.63. The molecule has 1 N–H and O–H groups in total. The van der Waals surface area contributed by atoms with Crippen LogP contribution in [0.5, 0.6) is 0 Å². The maximum Gasteiger partial charge on any atom is 0.0471 e. The molecule has 5 rings (SSSR count). The number of benzene rings is 3. The van der Waals surface area contributed by atoms with E-state index >= 15 is 0 Å². The van der Waals surface area contributed by atoms with E-state index in [0.29, 0.717) is 0 Å². The van der Waals surface area contributed by atoms with Crippen LogP contribution in [0.1, 0.15) is 11.1 Å². The van der Waals surface area contributed by atoms with Gasteiger partial charge >= 0.3 is 0 Å². The highest BCUT2D eigenvalue weighted by atomic mass is 32.2. The SMILES string of the molecule is C1=Cc2c(ccc3[nH]c4ccccc4c23)Sc2ccccc21. The van der Waals surface area contributed by atoms with Gasteiger partial charge in [0.25, 0.3) is 0 Å². The smallest absolute Gasteiger partial charge is 0.0471 e. The molecule has 0 saturated carbocycles. The van der Waals surface area contributed by atoms with Gasteiger partial charge in [-0.25, -0.2) is 0 Å². The van der Waals surface area contributed by atoms with E-state index in [0.717, 1.165) is 0 Å². The average Bonchev–Trinajstić information content (AvgIpc) is 2.83. The summed E-state index contributed by atoms with van der Waals surface area (Å²) in [6.07, 6.45) is 4.49. The van der Waals surface area contributed by atoms with Gasteiger partial charge in [0, 0.05) is 31.6 Å². The van der Waals surface area contributed by atoms with Gasteiger partial charge in [-0.3, -0.25) is 0 Å². The molecule has 104 valence electrons. The normalized spacial score (nSPS) is 13.1. The van der Waals surface area contributed by atoms with E-state index in [4.69, 9.17) is 0 Å². The zero-order chi connectivity index (χ0) is 14.5. The number of fused-ring (bicyclic) bond motifs is 6. The van der Waals surface area contributed by atoms with Crippen molar-refractivity contribution in [3.63, 3.8) is 0 Å². The van der Waals surface area contributed by atoms with Crippen molar-refractivity contribution in [2.45, 2.75) is 9.79 Å². The van der Waals surface area contributed by atoms with Crippen molar-refractivity contribution in [2.24, 2.45) is 0 Å². The van der Waals surface area contributed by atoms with Crippen molar-refractivity contribution in [1.82, 2.24) is 4.98 Å². The topological polar surface area (TPSA) is 15.8 Å². The molecule has 0 atom stereocenters. The lowest BCUT2D eigenvalue weighted by Crippen LogP contribution is -1.81. The first-order valence-corrected chi connectivity index (χ1v) is 8.20. The van der Waals surface area contributed by atoms with E-state index in [2.05, 4.69) is 77.8 Å². The summed E-state index contributed by atoms with van der Waals surface area (Å²) >= 11 is 1.85. The number of rotatable bonds is 0. The zero-order valence-electron chi connectivity index (χ0n) is 11.8. The quantitative estimate of drug-likeness (QED) is 0.373. The van der Waals surface area contributed by atoms with Crippen LogP contribution in [0.2, 0.25) is 0 Å². The van der Waals surface area contributed by atoms with Gasteiger partial charge in [-0.2, -0.15) is 0 Å². The van der Waals surface area contributed by atoms with E-state index in [1.165, 1.54) is 42.7 Å². The molecule has 0 bridgehead atoms. The minimum atomic E-state index is 1.20. The number of aromatic amines is 1. The number of aromatic nitrogens is 1. The highest BCUT2D eigenvalue weighted by Gasteiger charge is 2.15. The molecule has 2 heteroatoms. The van der Waals surface area contributed by atoms with Crippen LogP contribution in [0.3, 0.4) is 0 Å². The molecule has 4 aromatic rings. The summed E-state index contributed by atoms with van der Waals surface area (Å²) in [5, 5.41) is 2.62. The minimum absolute atomic E-state index is 1.20. The predicted octanol–water partition coefficient (Wildman–Crippen LogP) is 5.96. The fraction of sp³-hybridized carbons (Fsp3) is 0. The van der Waals surface area contributed by atoms with E-state index in [9.17, 15) is 0 Å². The van der Waals surface area contributed by atoms with Crippen molar-refractivity contribution in [3.8, 4) is 0 Å². The summed E-state index contributed by atoms with van der Waals surface area (Å²) in [6.45, 7) is 0. The summed E-state index contributed by atoms with van der Waals surface area (Å²) in [6, 6.07) is 21.5. The summed E-state index contributed by atoms with van der Waals surface area (Å²) < 4.78 is 0. The lowest BCUT2D eigenvalue weighted by molar-refractivity contribution is 1.40. The number of H-pyrrole nitrogens is 1. The third-order valence-electron chi connectivity index (χ3n) is 4.24. The van der Waals surface area contributed by atoms with Gasteiger partial charge in [-0.15, -0.1) is 0 Å². The molecule has 0 unspecified atom stereocenters. The molecule has 3 aromatic carbocycles. The van der Waals surface area contributed by atoms with E-state index in [1.54, 1.807) is 0 Å². The maximum absolute atomic E-state index is 3.53. The van der Waals surface area contributed by atoms with Gasteiger partial charge in [0.05, 0.1) is 0 Å². The number of hydrogen-bond donors (Lipinski definition) is 1. The third-order valence-corrected chi connectivity index (χ3v) is 5.41. The predicted molar refractivity (Wildman–Crippen MR) is 95.3 cm³/mol. The van der Waals surface area contributed by atoms with Gasteiger partial charge in [0.15, 0.2) is 0 Å². The average molecular weight is 299 g/mol. The van der Waals surface area contributed by atoms with Crippen molar-refractivity contribution in [1.29, 1.82) is 0 Å². The summed E-state index contributed by atoms with van der Waals surface area (Å²) in [4.78, 5) is 6.16. The maximum atomic E-state index is 3.53. The Balaban J connectivity index is 1.88. The molecule has 22 heavy (non-hydrogen) atoms. The Morgan fingerprint density at radius 2 is 1.55 bits per heavy atom. The highest BCUT2D eigenvalue weighted by molar-refractivity contribution is 7.99. The molecule has 0 spiro atoms. The van der Waals surface area contributed by atoms with Crippen LogP contribution in [-0.2, 0) is 0 Å². The van der Waals surface area contributed by atoms with Crippen LogP contribution in [-0.4, -0.2) is 4.98 Å². The van der Waals surface area contributed by atoms with Crippen molar-refractivity contribution in [2.75, 3.05) is 0 Å². The van der Waals surface area contributed by atoms with Crippen LogP contribution in [0.4, 0.5) is 0 Å². The molecule has 1 aliphatic rings. The van der Waals surface area contributed by atoms with Crippen LogP contribution >= 0.6 is 11.8 Å². The molecule has 0 aliphatic carbocycles. The molecular weight excluding hydrogens is 286 g/mol. The molecule has 2 heterocycles. The van der Waals surface area contributed by atoms with Crippen LogP contribution < -0.4 is 0 Å². The first kappa shape index (κ1) is 12.1.